The van der Waals surface area contributed by atoms with Gasteiger partial charge < -0.3 is 9.47 Å². The molecular weight excluding hydrogens is 504 g/mol. The zero-order valence-electron chi connectivity index (χ0n) is 19.0. The Balaban J connectivity index is 2.00. The van der Waals surface area contributed by atoms with Gasteiger partial charge in [-0.05, 0) is 70.2 Å². The van der Waals surface area contributed by atoms with Gasteiger partial charge in [-0.25, -0.2) is 22.4 Å². The third kappa shape index (κ3) is 7.59. The van der Waals surface area contributed by atoms with E-state index in [9.17, 15) is 22.4 Å². The topological polar surface area (TPSA) is 35.5 Å². The molecule has 3 nitrogen and oxygen atoms in total. The molecular formula is C25H27BrF4O3. The highest BCUT2D eigenvalue weighted by molar-refractivity contribution is 9.10. The molecule has 0 aliphatic heterocycles. The van der Waals surface area contributed by atoms with Crippen molar-refractivity contribution in [2.75, 3.05) is 7.11 Å². The van der Waals surface area contributed by atoms with Crippen molar-refractivity contribution in [3.05, 3.63) is 76.4 Å². The van der Waals surface area contributed by atoms with Gasteiger partial charge in [0.2, 0.25) is 0 Å². The minimum absolute atomic E-state index is 0.304. The highest BCUT2D eigenvalue weighted by Crippen LogP contribution is 2.30. The monoisotopic (exact) mass is 530 g/mol. The van der Waals surface area contributed by atoms with Gasteiger partial charge in [0.1, 0.15) is 17.4 Å². The molecule has 0 aliphatic rings. The molecule has 0 saturated carbocycles. The van der Waals surface area contributed by atoms with Gasteiger partial charge >= 0.3 is 5.97 Å². The van der Waals surface area contributed by atoms with Crippen molar-refractivity contribution < 1.29 is 31.8 Å². The number of ether oxygens (including phenoxy) is 2. The molecule has 2 aromatic rings. The van der Waals surface area contributed by atoms with Crippen molar-refractivity contribution in [3.8, 4) is 5.75 Å². The largest absolute Gasteiger partial charge is 0.497 e. The van der Waals surface area contributed by atoms with Crippen LogP contribution in [0.1, 0.15) is 56.0 Å². The smallest absolute Gasteiger partial charge is 0.341 e. The SMILES string of the molecule is COc1ccc(CC/C=C(\C)CC[C@H](OC(=O)c2cc(F)c(F)c(F)c2F)C(C)(C)Br)cc1. The van der Waals surface area contributed by atoms with E-state index in [2.05, 4.69) is 22.0 Å². The Hall–Kier alpha value is -2.35. The van der Waals surface area contributed by atoms with E-state index in [0.29, 0.717) is 18.9 Å². The lowest BCUT2D eigenvalue weighted by molar-refractivity contribution is 0.0207. The molecule has 0 spiro atoms. The first kappa shape index (κ1) is 26.9. The Bertz CT molecular complexity index is 998. The second-order valence-corrected chi connectivity index (χ2v) is 10.3. The van der Waals surface area contributed by atoms with Crippen molar-refractivity contribution in [1.29, 1.82) is 0 Å². The summed E-state index contributed by atoms with van der Waals surface area (Å²) >= 11 is 3.44. The lowest BCUT2D eigenvalue weighted by Crippen LogP contribution is -2.35. The molecule has 0 radical (unpaired) electrons. The Morgan fingerprint density at radius 2 is 1.73 bits per heavy atom. The molecule has 33 heavy (non-hydrogen) atoms. The number of rotatable bonds is 10. The maximum absolute atomic E-state index is 14.0. The van der Waals surface area contributed by atoms with Crippen LogP contribution in [-0.2, 0) is 11.2 Å². The average molecular weight is 531 g/mol. The molecule has 0 bridgehead atoms. The first-order chi connectivity index (χ1) is 15.4. The van der Waals surface area contributed by atoms with Crippen LogP contribution in [0.3, 0.4) is 0 Å². The highest BCUT2D eigenvalue weighted by atomic mass is 79.9. The number of hydrogen-bond acceptors (Lipinski definition) is 3. The average Bonchev–Trinajstić information content (AvgIpc) is 2.77. The van der Waals surface area contributed by atoms with Crippen LogP contribution < -0.4 is 4.74 Å². The number of halogens is 5. The van der Waals surface area contributed by atoms with Crippen LogP contribution in [0.25, 0.3) is 0 Å². The summed E-state index contributed by atoms with van der Waals surface area (Å²) in [5, 5.41) is 0. The summed E-state index contributed by atoms with van der Waals surface area (Å²) in [6, 6.07) is 8.13. The molecule has 2 rings (SSSR count). The zero-order valence-corrected chi connectivity index (χ0v) is 20.6. The maximum Gasteiger partial charge on any atom is 0.341 e. The van der Waals surface area contributed by atoms with E-state index in [1.54, 1.807) is 21.0 Å². The molecule has 0 N–H and O–H groups in total. The maximum atomic E-state index is 14.0. The summed E-state index contributed by atoms with van der Waals surface area (Å²) in [5.74, 6) is -7.92. The van der Waals surface area contributed by atoms with E-state index in [-0.39, 0.29) is 0 Å². The molecule has 8 heteroatoms. The van der Waals surface area contributed by atoms with Gasteiger partial charge in [0.15, 0.2) is 23.3 Å². The number of allylic oxidation sites excluding steroid dienone is 2. The van der Waals surface area contributed by atoms with Crippen LogP contribution in [0.5, 0.6) is 5.75 Å². The summed E-state index contributed by atoms with van der Waals surface area (Å²) in [7, 11) is 1.62. The quantitative estimate of drug-likeness (QED) is 0.0806. The Labute approximate surface area is 199 Å². The summed E-state index contributed by atoms with van der Waals surface area (Å²) in [6.45, 7) is 5.48. The van der Waals surface area contributed by atoms with E-state index >= 15 is 0 Å². The number of aryl methyl sites for hydroxylation is 1. The first-order valence-electron chi connectivity index (χ1n) is 10.5. The molecule has 0 saturated heterocycles. The standard InChI is InChI=1S/C25H27BrF4O3/c1-15(6-5-7-16-9-11-17(32-4)12-10-16)8-13-20(25(2,3)26)33-24(31)18-14-19(27)22(29)23(30)21(18)28/h6,9-12,14,20H,5,7-8,13H2,1-4H3/b15-6+/t20-/m0/s1. The lowest BCUT2D eigenvalue weighted by Gasteiger charge is -2.29. The molecule has 0 unspecified atom stereocenters. The molecule has 0 amide bonds. The number of methoxy groups -OCH3 is 1. The number of carbonyl (C=O) groups is 1. The van der Waals surface area contributed by atoms with Crippen LogP contribution >= 0.6 is 15.9 Å². The number of benzene rings is 2. The fourth-order valence-electron chi connectivity index (χ4n) is 3.19. The highest BCUT2D eigenvalue weighted by Gasteiger charge is 2.32. The fraction of sp³-hybridized carbons (Fsp3) is 0.400. The molecule has 2 aromatic carbocycles. The fourth-order valence-corrected chi connectivity index (χ4v) is 3.52. The second kappa shape index (κ2) is 11.7. The van der Waals surface area contributed by atoms with E-state index in [0.717, 1.165) is 24.2 Å². The van der Waals surface area contributed by atoms with Crippen molar-refractivity contribution in [2.45, 2.75) is 56.9 Å². The normalized spacial score (nSPS) is 13.1. The summed E-state index contributed by atoms with van der Waals surface area (Å²) in [5.41, 5.74) is 1.26. The molecule has 0 aromatic heterocycles. The van der Waals surface area contributed by atoms with Gasteiger partial charge in [0.05, 0.1) is 11.4 Å². The van der Waals surface area contributed by atoms with Crippen LogP contribution in [0.2, 0.25) is 0 Å². The third-order valence-electron chi connectivity index (χ3n) is 5.22. The van der Waals surface area contributed by atoms with E-state index in [4.69, 9.17) is 9.47 Å². The summed E-state index contributed by atoms with van der Waals surface area (Å²) in [4.78, 5) is 12.4. The number of carbonyl (C=O) groups excluding carboxylic acids is 1. The number of esters is 1. The lowest BCUT2D eigenvalue weighted by atomic mass is 9.98. The van der Waals surface area contributed by atoms with Gasteiger partial charge in [-0.3, -0.25) is 0 Å². The first-order valence-corrected chi connectivity index (χ1v) is 11.2. The van der Waals surface area contributed by atoms with E-state index < -0.39 is 45.2 Å². The third-order valence-corrected chi connectivity index (χ3v) is 5.73. The molecule has 180 valence electrons. The van der Waals surface area contributed by atoms with Crippen LogP contribution in [0, 0.1) is 23.3 Å². The number of hydrogen-bond donors (Lipinski definition) is 0. The van der Waals surface area contributed by atoms with Crippen molar-refractivity contribution >= 4 is 21.9 Å². The Kier molecular flexibility index (Phi) is 9.52. The van der Waals surface area contributed by atoms with Gasteiger partial charge in [0.25, 0.3) is 0 Å². The number of alkyl halides is 1. The molecule has 0 aliphatic carbocycles. The van der Waals surface area contributed by atoms with Crippen LogP contribution in [0.4, 0.5) is 17.6 Å². The van der Waals surface area contributed by atoms with Crippen molar-refractivity contribution in [1.82, 2.24) is 0 Å². The minimum atomic E-state index is -2.05. The predicted molar refractivity (Wildman–Crippen MR) is 123 cm³/mol. The summed E-state index contributed by atoms with van der Waals surface area (Å²) < 4.78 is 63.9. The van der Waals surface area contributed by atoms with Crippen LogP contribution in [0.15, 0.2) is 42.0 Å². The van der Waals surface area contributed by atoms with E-state index in [1.807, 2.05) is 31.2 Å². The molecule has 0 fully saturated rings. The molecule has 1 atom stereocenters. The van der Waals surface area contributed by atoms with Gasteiger partial charge in [0, 0.05) is 0 Å². The van der Waals surface area contributed by atoms with E-state index in [1.165, 1.54) is 5.56 Å². The van der Waals surface area contributed by atoms with Gasteiger partial charge in [-0.15, -0.1) is 0 Å². The Morgan fingerprint density at radius 1 is 1.09 bits per heavy atom. The second-order valence-electron chi connectivity index (χ2n) is 8.28. The minimum Gasteiger partial charge on any atom is -0.497 e. The molecule has 0 heterocycles. The van der Waals surface area contributed by atoms with Gasteiger partial charge in [-0.2, -0.15) is 0 Å². The Morgan fingerprint density at radius 3 is 2.30 bits per heavy atom. The van der Waals surface area contributed by atoms with Crippen molar-refractivity contribution in [2.24, 2.45) is 0 Å². The zero-order chi connectivity index (χ0) is 24.8. The van der Waals surface area contributed by atoms with Crippen molar-refractivity contribution in [3.63, 3.8) is 0 Å². The van der Waals surface area contributed by atoms with Crippen LogP contribution in [-0.4, -0.2) is 23.5 Å². The predicted octanol–water partition coefficient (Wildman–Crippen LogP) is 7.31. The summed E-state index contributed by atoms with van der Waals surface area (Å²) in [6.07, 6.45) is 4.01. The van der Waals surface area contributed by atoms with Gasteiger partial charge in [-0.1, -0.05) is 39.7 Å².